The topological polar surface area (TPSA) is 63.0 Å². The number of nitrogens with zero attached hydrogens (tertiary/aromatic N) is 2. The van der Waals surface area contributed by atoms with Gasteiger partial charge in [0.15, 0.2) is 0 Å². The maximum atomic E-state index is 11.7. The predicted octanol–water partition coefficient (Wildman–Crippen LogP) is 4.57. The molecule has 0 saturated carbocycles. The molecule has 0 saturated heterocycles. The number of allylic oxidation sites excluding steroid dienone is 2. The molecule has 0 spiro atoms. The molecule has 116 valence electrons. The summed E-state index contributed by atoms with van der Waals surface area (Å²) in [5.74, 6) is -0.219. The van der Waals surface area contributed by atoms with Crippen molar-refractivity contribution in [1.82, 2.24) is 4.98 Å². The van der Waals surface area contributed by atoms with Gasteiger partial charge in [0, 0.05) is 22.9 Å². The van der Waals surface area contributed by atoms with Gasteiger partial charge in [0.1, 0.15) is 22.4 Å². The molecular weight excluding hydrogens is 308 g/mol. The third kappa shape index (κ3) is 3.93. The molecule has 0 radical (unpaired) electrons. The van der Waals surface area contributed by atoms with Crippen LogP contribution in [0.2, 0.25) is 0 Å². The SMILES string of the molecule is C=C(C)C(=O)OC(CC)=C(C#N)c1nc(-c2ccccc2)cs1. The molecule has 0 unspecified atom stereocenters. The number of esters is 1. The summed E-state index contributed by atoms with van der Waals surface area (Å²) in [5.41, 5.74) is 2.34. The molecule has 0 bridgehead atoms. The first-order valence-electron chi connectivity index (χ1n) is 7.09. The molecule has 23 heavy (non-hydrogen) atoms. The van der Waals surface area contributed by atoms with Crippen LogP contribution in [0.4, 0.5) is 0 Å². The van der Waals surface area contributed by atoms with E-state index >= 15 is 0 Å². The molecule has 0 fully saturated rings. The van der Waals surface area contributed by atoms with Crippen molar-refractivity contribution in [2.45, 2.75) is 20.3 Å². The Morgan fingerprint density at radius 1 is 1.39 bits per heavy atom. The zero-order valence-electron chi connectivity index (χ0n) is 13.0. The van der Waals surface area contributed by atoms with Crippen LogP contribution >= 0.6 is 11.3 Å². The summed E-state index contributed by atoms with van der Waals surface area (Å²) in [7, 11) is 0. The number of benzene rings is 1. The van der Waals surface area contributed by atoms with E-state index < -0.39 is 5.97 Å². The smallest absolute Gasteiger partial charge is 0.338 e. The normalized spacial score (nSPS) is 11.3. The second kappa shape index (κ2) is 7.52. The van der Waals surface area contributed by atoms with E-state index in [1.165, 1.54) is 11.3 Å². The number of hydrogen-bond donors (Lipinski definition) is 0. The summed E-state index contributed by atoms with van der Waals surface area (Å²) in [6.45, 7) is 6.94. The van der Waals surface area contributed by atoms with Crippen LogP contribution in [0.3, 0.4) is 0 Å². The van der Waals surface area contributed by atoms with Crippen molar-refractivity contribution >= 4 is 22.9 Å². The fraction of sp³-hybridized carbons (Fsp3) is 0.167. The quantitative estimate of drug-likeness (QED) is 0.350. The predicted molar refractivity (Wildman–Crippen MR) is 91.3 cm³/mol. The Labute approximate surface area is 139 Å². The van der Waals surface area contributed by atoms with E-state index in [1.54, 1.807) is 6.92 Å². The lowest BCUT2D eigenvalue weighted by atomic mass is 10.2. The largest absolute Gasteiger partial charge is 0.426 e. The Morgan fingerprint density at radius 2 is 2.09 bits per heavy atom. The van der Waals surface area contributed by atoms with Crippen molar-refractivity contribution < 1.29 is 9.53 Å². The Morgan fingerprint density at radius 3 is 2.65 bits per heavy atom. The fourth-order valence-electron chi connectivity index (χ4n) is 1.86. The van der Waals surface area contributed by atoms with E-state index in [0.717, 1.165) is 11.3 Å². The van der Waals surface area contributed by atoms with Crippen LogP contribution in [0.25, 0.3) is 16.8 Å². The number of ether oxygens (including phenoxy) is 1. The first kappa shape index (κ1) is 16.7. The van der Waals surface area contributed by atoms with Crippen molar-refractivity contribution in [3.05, 3.63) is 58.6 Å². The van der Waals surface area contributed by atoms with Crippen LogP contribution in [0, 0.1) is 11.3 Å². The van der Waals surface area contributed by atoms with Gasteiger partial charge in [-0.05, 0) is 6.92 Å². The molecule has 5 heteroatoms. The van der Waals surface area contributed by atoms with Gasteiger partial charge >= 0.3 is 5.97 Å². The fourth-order valence-corrected chi connectivity index (χ4v) is 2.70. The van der Waals surface area contributed by atoms with Crippen LogP contribution in [-0.2, 0) is 9.53 Å². The van der Waals surface area contributed by atoms with Gasteiger partial charge in [-0.15, -0.1) is 11.3 Å². The van der Waals surface area contributed by atoms with Crippen LogP contribution in [0.5, 0.6) is 0 Å². The van der Waals surface area contributed by atoms with E-state index in [1.807, 2.05) is 42.6 Å². The molecule has 2 rings (SSSR count). The summed E-state index contributed by atoms with van der Waals surface area (Å²) in [6.07, 6.45) is 0.419. The molecule has 0 aliphatic rings. The number of nitriles is 1. The minimum absolute atomic E-state index is 0.286. The number of carbonyl (C=O) groups excluding carboxylic acids is 1. The zero-order chi connectivity index (χ0) is 16.8. The van der Waals surface area contributed by atoms with Crippen LogP contribution in [-0.4, -0.2) is 11.0 Å². The van der Waals surface area contributed by atoms with Gasteiger partial charge in [0.05, 0.1) is 5.69 Å². The van der Waals surface area contributed by atoms with Crippen molar-refractivity contribution in [3.63, 3.8) is 0 Å². The molecule has 1 aromatic carbocycles. The van der Waals surface area contributed by atoms with Crippen LogP contribution < -0.4 is 0 Å². The summed E-state index contributed by atoms with van der Waals surface area (Å²) in [5, 5.41) is 11.9. The lowest BCUT2D eigenvalue weighted by molar-refractivity contribution is -0.135. The van der Waals surface area contributed by atoms with Crippen molar-refractivity contribution in [2.24, 2.45) is 0 Å². The van der Waals surface area contributed by atoms with Gasteiger partial charge in [0.25, 0.3) is 0 Å². The van der Waals surface area contributed by atoms with E-state index in [9.17, 15) is 10.1 Å². The highest BCUT2D eigenvalue weighted by Gasteiger charge is 2.17. The van der Waals surface area contributed by atoms with Gasteiger partial charge < -0.3 is 4.74 Å². The first-order valence-corrected chi connectivity index (χ1v) is 7.97. The maximum absolute atomic E-state index is 11.7. The number of aromatic nitrogens is 1. The molecule has 0 aliphatic carbocycles. The van der Waals surface area contributed by atoms with E-state index in [-0.39, 0.29) is 11.1 Å². The number of rotatable bonds is 5. The monoisotopic (exact) mass is 324 g/mol. The minimum atomic E-state index is -0.533. The lowest BCUT2D eigenvalue weighted by Gasteiger charge is -2.08. The highest BCUT2D eigenvalue weighted by Crippen LogP contribution is 2.29. The van der Waals surface area contributed by atoms with Crippen molar-refractivity contribution in [2.75, 3.05) is 0 Å². The number of carbonyl (C=O) groups is 1. The summed E-state index contributed by atoms with van der Waals surface area (Å²) in [4.78, 5) is 16.2. The first-order chi connectivity index (χ1) is 11.1. The number of hydrogen-bond acceptors (Lipinski definition) is 5. The second-order valence-electron chi connectivity index (χ2n) is 4.84. The Balaban J connectivity index is 2.39. The molecule has 1 aromatic heterocycles. The summed E-state index contributed by atoms with van der Waals surface area (Å²) in [6, 6.07) is 11.8. The van der Waals surface area contributed by atoms with Crippen molar-refractivity contribution in [3.8, 4) is 17.3 Å². The lowest BCUT2D eigenvalue weighted by Crippen LogP contribution is -2.06. The van der Waals surface area contributed by atoms with Gasteiger partial charge in [-0.2, -0.15) is 5.26 Å². The van der Waals surface area contributed by atoms with Gasteiger partial charge in [-0.3, -0.25) is 0 Å². The molecule has 0 atom stereocenters. The molecule has 0 aliphatic heterocycles. The van der Waals surface area contributed by atoms with Crippen molar-refractivity contribution in [1.29, 1.82) is 5.26 Å². The minimum Gasteiger partial charge on any atom is -0.426 e. The van der Waals surface area contributed by atoms with Gasteiger partial charge in [-0.1, -0.05) is 43.8 Å². The average Bonchev–Trinajstić information content (AvgIpc) is 3.04. The maximum Gasteiger partial charge on any atom is 0.338 e. The standard InChI is InChI=1S/C18H16N2O2S/c1-4-16(22-18(21)12(2)3)14(10-19)17-20-15(11-23-17)13-8-6-5-7-9-13/h5-9,11H,2,4H2,1,3H3. The third-order valence-corrected chi connectivity index (χ3v) is 3.92. The third-order valence-electron chi connectivity index (χ3n) is 3.06. The van der Waals surface area contributed by atoms with E-state index in [4.69, 9.17) is 4.74 Å². The molecule has 2 aromatic rings. The van der Waals surface area contributed by atoms with Gasteiger partial charge in [-0.25, -0.2) is 9.78 Å². The number of thiazole rings is 1. The summed E-state index contributed by atoms with van der Waals surface area (Å²) >= 11 is 1.35. The Hall–Kier alpha value is -2.71. The molecular formula is C18H16N2O2S. The van der Waals surface area contributed by atoms with Gasteiger partial charge in [0.2, 0.25) is 0 Å². The molecule has 1 heterocycles. The highest BCUT2D eigenvalue weighted by molar-refractivity contribution is 7.11. The van der Waals surface area contributed by atoms with E-state index in [2.05, 4.69) is 17.6 Å². The Bertz CT molecular complexity index is 798. The molecule has 0 N–H and O–H groups in total. The highest BCUT2D eigenvalue weighted by atomic mass is 32.1. The van der Waals surface area contributed by atoms with Crippen LogP contribution in [0.15, 0.2) is 53.6 Å². The molecule has 0 amide bonds. The Kier molecular flexibility index (Phi) is 5.45. The summed E-state index contributed by atoms with van der Waals surface area (Å²) < 4.78 is 5.27. The second-order valence-corrected chi connectivity index (χ2v) is 5.70. The molecule has 4 nitrogen and oxygen atoms in total. The average molecular weight is 324 g/mol. The van der Waals surface area contributed by atoms with Crippen LogP contribution in [0.1, 0.15) is 25.3 Å². The zero-order valence-corrected chi connectivity index (χ0v) is 13.8. The van der Waals surface area contributed by atoms with E-state index in [0.29, 0.717) is 17.2 Å².